The van der Waals surface area contributed by atoms with Crippen molar-refractivity contribution in [2.75, 3.05) is 13.2 Å². The first kappa shape index (κ1) is 9.97. The van der Waals surface area contributed by atoms with E-state index >= 15 is 0 Å². The molecule has 3 heteroatoms. The molecule has 2 N–H and O–H groups in total. The van der Waals surface area contributed by atoms with E-state index in [-0.39, 0.29) is 12.5 Å². The molecule has 0 aromatic heterocycles. The third kappa shape index (κ3) is 1.92. The Bertz CT molecular complexity index is 207. The number of fused-ring (bicyclic) bond motifs is 1. The summed E-state index contributed by atoms with van der Waals surface area (Å²) < 4.78 is 0. The lowest BCUT2D eigenvalue weighted by molar-refractivity contribution is -0.123. The number of carbonyl (C=O) groups excluding carboxylic acids is 1. The second-order valence-corrected chi connectivity index (χ2v) is 4.51. The summed E-state index contributed by atoms with van der Waals surface area (Å²) in [4.78, 5) is 11.6. The van der Waals surface area contributed by atoms with E-state index in [1.165, 1.54) is 19.3 Å². The molecule has 0 aromatic carbocycles. The molecular weight excluding hydrogens is 178 g/mol. The highest BCUT2D eigenvalue weighted by atomic mass is 16.2. The number of hydrogen-bond donors (Lipinski definition) is 2. The monoisotopic (exact) mass is 197 g/mol. The molecule has 2 aliphatic rings. The maximum atomic E-state index is 11.6. The van der Waals surface area contributed by atoms with Crippen LogP contribution in [-0.2, 0) is 4.79 Å². The first-order valence-corrected chi connectivity index (χ1v) is 5.73. The van der Waals surface area contributed by atoms with Crippen LogP contribution in [-0.4, -0.2) is 24.2 Å². The second-order valence-electron chi connectivity index (χ2n) is 4.51. The van der Waals surface area contributed by atoms with Crippen molar-refractivity contribution in [2.24, 2.45) is 17.8 Å². The van der Waals surface area contributed by atoms with E-state index in [9.17, 15) is 4.79 Å². The van der Waals surface area contributed by atoms with Crippen LogP contribution in [0.15, 0.2) is 0 Å². The van der Waals surface area contributed by atoms with Gasteiger partial charge in [-0.3, -0.25) is 4.79 Å². The van der Waals surface area contributed by atoms with E-state index in [4.69, 9.17) is 5.11 Å². The summed E-state index contributed by atoms with van der Waals surface area (Å²) in [5, 5.41) is 11.5. The topological polar surface area (TPSA) is 49.3 Å². The molecule has 0 aromatic rings. The standard InChI is InChI=1S/C11H19NO2/c13-7-2-1-6-12-11(14)10-8-4-3-5-9(8)10/h8-10,13H,1-7H2,(H,12,14). The first-order valence-electron chi connectivity index (χ1n) is 5.73. The van der Waals surface area contributed by atoms with Gasteiger partial charge < -0.3 is 10.4 Å². The Labute approximate surface area is 84.9 Å². The molecule has 80 valence electrons. The first-order chi connectivity index (χ1) is 6.84. The molecule has 2 unspecified atom stereocenters. The van der Waals surface area contributed by atoms with E-state index in [1.54, 1.807) is 0 Å². The normalized spacial score (nSPS) is 33.9. The van der Waals surface area contributed by atoms with Crippen LogP contribution in [0.2, 0.25) is 0 Å². The summed E-state index contributed by atoms with van der Waals surface area (Å²) in [6.45, 7) is 0.958. The molecule has 2 saturated carbocycles. The zero-order chi connectivity index (χ0) is 9.97. The minimum absolute atomic E-state index is 0.227. The smallest absolute Gasteiger partial charge is 0.223 e. The fourth-order valence-electron chi connectivity index (χ4n) is 2.78. The number of hydrogen-bond acceptors (Lipinski definition) is 2. The van der Waals surface area contributed by atoms with Gasteiger partial charge in [-0.1, -0.05) is 6.42 Å². The number of amides is 1. The summed E-state index contributed by atoms with van der Waals surface area (Å²) in [5.41, 5.74) is 0. The molecule has 2 rings (SSSR count). The molecule has 2 fully saturated rings. The summed E-state index contributed by atoms with van der Waals surface area (Å²) in [6.07, 6.45) is 5.53. The van der Waals surface area contributed by atoms with Crippen LogP contribution in [0.3, 0.4) is 0 Å². The SMILES string of the molecule is O=C(NCCCCO)C1C2CCCC21. The Morgan fingerprint density at radius 1 is 1.29 bits per heavy atom. The van der Waals surface area contributed by atoms with Crippen LogP contribution < -0.4 is 5.32 Å². The molecule has 3 nitrogen and oxygen atoms in total. The zero-order valence-corrected chi connectivity index (χ0v) is 8.54. The second kappa shape index (κ2) is 4.30. The fraction of sp³-hybridized carbons (Fsp3) is 0.909. The Hall–Kier alpha value is -0.570. The Kier molecular flexibility index (Phi) is 3.06. The van der Waals surface area contributed by atoms with Crippen LogP contribution in [0, 0.1) is 17.8 Å². The number of carbonyl (C=O) groups is 1. The lowest BCUT2D eigenvalue weighted by Crippen LogP contribution is -2.27. The summed E-state index contributed by atoms with van der Waals surface area (Å²) in [5.74, 6) is 2.04. The van der Waals surface area contributed by atoms with Crippen molar-refractivity contribution in [3.05, 3.63) is 0 Å². The minimum atomic E-state index is 0.227. The van der Waals surface area contributed by atoms with Gasteiger partial charge in [-0.25, -0.2) is 0 Å². The fourth-order valence-corrected chi connectivity index (χ4v) is 2.78. The van der Waals surface area contributed by atoms with Gasteiger partial charge in [0, 0.05) is 19.1 Å². The number of aliphatic hydroxyl groups is 1. The third-order valence-corrected chi connectivity index (χ3v) is 3.59. The Morgan fingerprint density at radius 3 is 2.64 bits per heavy atom. The minimum Gasteiger partial charge on any atom is -0.396 e. The van der Waals surface area contributed by atoms with Gasteiger partial charge in [-0.05, 0) is 37.5 Å². The van der Waals surface area contributed by atoms with Crippen molar-refractivity contribution < 1.29 is 9.90 Å². The Balaban J connectivity index is 1.61. The number of aliphatic hydroxyl groups excluding tert-OH is 1. The van der Waals surface area contributed by atoms with Crippen molar-refractivity contribution >= 4 is 5.91 Å². The maximum absolute atomic E-state index is 11.6. The van der Waals surface area contributed by atoms with Crippen LogP contribution in [0.1, 0.15) is 32.1 Å². The Morgan fingerprint density at radius 2 is 2.00 bits per heavy atom. The lowest BCUT2D eigenvalue weighted by Gasteiger charge is -2.05. The van der Waals surface area contributed by atoms with E-state index in [0.29, 0.717) is 17.8 Å². The van der Waals surface area contributed by atoms with Crippen molar-refractivity contribution in [3.63, 3.8) is 0 Å². The molecule has 2 aliphatic carbocycles. The molecule has 1 amide bonds. The summed E-state index contributed by atoms with van der Waals surface area (Å²) in [7, 11) is 0. The average Bonchev–Trinajstić information content (AvgIpc) is 2.67. The molecule has 0 radical (unpaired) electrons. The molecule has 0 spiro atoms. The van der Waals surface area contributed by atoms with Gasteiger partial charge in [0.15, 0.2) is 0 Å². The predicted octanol–water partition coefficient (Wildman–Crippen LogP) is 0.921. The average molecular weight is 197 g/mol. The number of nitrogens with one attached hydrogen (secondary N) is 1. The van der Waals surface area contributed by atoms with Gasteiger partial charge in [0.1, 0.15) is 0 Å². The maximum Gasteiger partial charge on any atom is 0.223 e. The quantitative estimate of drug-likeness (QED) is 0.644. The summed E-state index contributed by atoms with van der Waals surface area (Å²) >= 11 is 0. The van der Waals surface area contributed by atoms with E-state index in [1.807, 2.05) is 0 Å². The highest BCUT2D eigenvalue weighted by Gasteiger charge is 2.56. The highest BCUT2D eigenvalue weighted by molar-refractivity contribution is 5.82. The van der Waals surface area contributed by atoms with Crippen LogP contribution in [0.5, 0.6) is 0 Å². The van der Waals surface area contributed by atoms with E-state index in [2.05, 4.69) is 5.32 Å². The molecule has 0 aliphatic heterocycles. The molecule has 2 atom stereocenters. The number of unbranched alkanes of at least 4 members (excludes halogenated alkanes) is 1. The van der Waals surface area contributed by atoms with Crippen LogP contribution in [0.25, 0.3) is 0 Å². The molecular formula is C11H19NO2. The zero-order valence-electron chi connectivity index (χ0n) is 8.54. The van der Waals surface area contributed by atoms with Crippen LogP contribution >= 0.6 is 0 Å². The van der Waals surface area contributed by atoms with E-state index in [0.717, 1.165) is 19.4 Å². The van der Waals surface area contributed by atoms with Gasteiger partial charge in [-0.15, -0.1) is 0 Å². The molecule has 14 heavy (non-hydrogen) atoms. The van der Waals surface area contributed by atoms with Crippen molar-refractivity contribution in [1.29, 1.82) is 0 Å². The van der Waals surface area contributed by atoms with Crippen molar-refractivity contribution in [1.82, 2.24) is 5.32 Å². The van der Waals surface area contributed by atoms with Gasteiger partial charge in [0.2, 0.25) is 5.91 Å². The highest BCUT2D eigenvalue weighted by Crippen LogP contribution is 2.57. The molecule has 0 heterocycles. The van der Waals surface area contributed by atoms with Gasteiger partial charge in [0.05, 0.1) is 0 Å². The van der Waals surface area contributed by atoms with Gasteiger partial charge in [0.25, 0.3) is 0 Å². The van der Waals surface area contributed by atoms with Gasteiger partial charge >= 0.3 is 0 Å². The molecule has 0 saturated heterocycles. The largest absolute Gasteiger partial charge is 0.396 e. The lowest BCUT2D eigenvalue weighted by atomic mass is 10.1. The number of rotatable bonds is 5. The van der Waals surface area contributed by atoms with Crippen LogP contribution in [0.4, 0.5) is 0 Å². The molecule has 0 bridgehead atoms. The predicted molar refractivity (Wildman–Crippen MR) is 53.7 cm³/mol. The van der Waals surface area contributed by atoms with Crippen molar-refractivity contribution in [3.8, 4) is 0 Å². The van der Waals surface area contributed by atoms with Gasteiger partial charge in [-0.2, -0.15) is 0 Å². The third-order valence-electron chi connectivity index (χ3n) is 3.59. The van der Waals surface area contributed by atoms with Crippen molar-refractivity contribution in [2.45, 2.75) is 32.1 Å². The van der Waals surface area contributed by atoms with E-state index < -0.39 is 0 Å². The summed E-state index contributed by atoms with van der Waals surface area (Å²) in [6, 6.07) is 0.